The van der Waals surface area contributed by atoms with E-state index in [1.165, 1.54) is 25.3 Å². The van der Waals surface area contributed by atoms with Crippen LogP contribution in [0.5, 0.6) is 0 Å². The van der Waals surface area contributed by atoms with E-state index in [0.29, 0.717) is 30.5 Å². The Labute approximate surface area is 148 Å². The molecule has 1 fully saturated rings. The highest BCUT2D eigenvalue weighted by molar-refractivity contribution is 5.95. The number of benzene rings is 1. The molecule has 1 N–H and O–H groups in total. The van der Waals surface area contributed by atoms with Crippen molar-refractivity contribution in [3.63, 3.8) is 0 Å². The Balaban J connectivity index is 1.80. The molecule has 1 amide bonds. The van der Waals surface area contributed by atoms with E-state index in [-0.39, 0.29) is 11.6 Å². The van der Waals surface area contributed by atoms with Crippen LogP contribution in [0.25, 0.3) is 0 Å². The van der Waals surface area contributed by atoms with Crippen molar-refractivity contribution >= 4 is 17.3 Å². The second kappa shape index (κ2) is 9.36. The number of nitrogens with zero attached hydrogens (tertiary/aromatic N) is 2. The lowest BCUT2D eigenvalue weighted by Crippen LogP contribution is -2.26. The lowest BCUT2D eigenvalue weighted by molar-refractivity contribution is -0.384. The molecule has 1 saturated carbocycles. The standard InChI is InChI=1S/C18H27N3O4/c1-20(2)16-10-9-14(13-17(16)21(23)24)18(22)19-11-6-12-25-15-7-4-3-5-8-15/h9-10,13,15H,3-8,11-12H2,1-2H3,(H,19,22). The zero-order valence-electron chi connectivity index (χ0n) is 15.0. The molecule has 0 aliphatic heterocycles. The SMILES string of the molecule is CN(C)c1ccc(C(=O)NCCCOC2CCCCC2)cc1[N+](=O)[O-]. The summed E-state index contributed by atoms with van der Waals surface area (Å²) in [5.41, 5.74) is 0.700. The van der Waals surface area contributed by atoms with Gasteiger partial charge in [0.2, 0.25) is 0 Å². The second-order valence-corrected chi connectivity index (χ2v) is 6.60. The molecule has 0 aromatic heterocycles. The van der Waals surface area contributed by atoms with Crippen LogP contribution in [0.1, 0.15) is 48.9 Å². The number of amides is 1. The monoisotopic (exact) mass is 349 g/mol. The molecule has 0 bridgehead atoms. The van der Waals surface area contributed by atoms with Gasteiger partial charge >= 0.3 is 0 Å². The molecule has 1 aromatic rings. The first-order valence-corrected chi connectivity index (χ1v) is 8.84. The Morgan fingerprint density at radius 3 is 2.68 bits per heavy atom. The molecule has 0 unspecified atom stereocenters. The van der Waals surface area contributed by atoms with Gasteiger partial charge in [-0.15, -0.1) is 0 Å². The van der Waals surface area contributed by atoms with Crippen LogP contribution < -0.4 is 10.2 Å². The molecular weight excluding hydrogens is 322 g/mol. The number of nitro benzene ring substituents is 1. The molecule has 0 spiro atoms. The Morgan fingerprint density at radius 1 is 1.32 bits per heavy atom. The molecule has 1 aliphatic rings. The van der Waals surface area contributed by atoms with Gasteiger partial charge in [0, 0.05) is 38.9 Å². The van der Waals surface area contributed by atoms with Gasteiger partial charge in [-0.2, -0.15) is 0 Å². The minimum Gasteiger partial charge on any atom is -0.378 e. The number of carbonyl (C=O) groups is 1. The first-order valence-electron chi connectivity index (χ1n) is 8.84. The van der Waals surface area contributed by atoms with Crippen LogP contribution in [0.2, 0.25) is 0 Å². The average molecular weight is 349 g/mol. The lowest BCUT2D eigenvalue weighted by atomic mass is 9.98. The molecular formula is C18H27N3O4. The third-order valence-corrected chi connectivity index (χ3v) is 4.43. The van der Waals surface area contributed by atoms with Crippen molar-refractivity contribution in [1.82, 2.24) is 5.32 Å². The van der Waals surface area contributed by atoms with Crippen LogP contribution in [0.4, 0.5) is 11.4 Å². The summed E-state index contributed by atoms with van der Waals surface area (Å²) in [6.07, 6.45) is 7.15. The van der Waals surface area contributed by atoms with E-state index in [9.17, 15) is 14.9 Å². The zero-order chi connectivity index (χ0) is 18.2. The van der Waals surface area contributed by atoms with Crippen LogP contribution in [0.3, 0.4) is 0 Å². The fourth-order valence-corrected chi connectivity index (χ4v) is 3.05. The summed E-state index contributed by atoms with van der Waals surface area (Å²) in [7, 11) is 3.46. The van der Waals surface area contributed by atoms with Crippen LogP contribution in [-0.4, -0.2) is 44.2 Å². The zero-order valence-corrected chi connectivity index (χ0v) is 15.0. The number of carbonyl (C=O) groups excluding carboxylic acids is 1. The van der Waals surface area contributed by atoms with Gasteiger partial charge in [-0.05, 0) is 31.4 Å². The van der Waals surface area contributed by atoms with E-state index in [1.807, 2.05) is 0 Å². The minimum absolute atomic E-state index is 0.0710. The largest absolute Gasteiger partial charge is 0.378 e. The highest BCUT2D eigenvalue weighted by Crippen LogP contribution is 2.27. The molecule has 1 aliphatic carbocycles. The van der Waals surface area contributed by atoms with Gasteiger partial charge in [0.15, 0.2) is 0 Å². The number of anilines is 1. The van der Waals surface area contributed by atoms with E-state index in [0.717, 1.165) is 19.3 Å². The van der Waals surface area contributed by atoms with Gasteiger partial charge in [-0.1, -0.05) is 19.3 Å². The quantitative estimate of drug-likeness (QED) is 0.443. The van der Waals surface area contributed by atoms with Crippen molar-refractivity contribution in [2.45, 2.75) is 44.6 Å². The molecule has 7 heteroatoms. The van der Waals surface area contributed by atoms with Crippen LogP contribution >= 0.6 is 0 Å². The van der Waals surface area contributed by atoms with E-state index in [4.69, 9.17) is 4.74 Å². The predicted molar refractivity (Wildman–Crippen MR) is 97.2 cm³/mol. The highest BCUT2D eigenvalue weighted by atomic mass is 16.6. The van der Waals surface area contributed by atoms with Gasteiger partial charge in [0.05, 0.1) is 11.0 Å². The smallest absolute Gasteiger partial charge is 0.293 e. The first-order chi connectivity index (χ1) is 12.0. The van der Waals surface area contributed by atoms with Crippen LogP contribution in [0.15, 0.2) is 18.2 Å². The first kappa shape index (κ1) is 19.2. The normalized spacial score (nSPS) is 15.0. The highest BCUT2D eigenvalue weighted by Gasteiger charge is 2.18. The average Bonchev–Trinajstić information content (AvgIpc) is 2.61. The summed E-state index contributed by atoms with van der Waals surface area (Å²) >= 11 is 0. The maximum atomic E-state index is 12.2. The Morgan fingerprint density at radius 2 is 2.04 bits per heavy atom. The fourth-order valence-electron chi connectivity index (χ4n) is 3.05. The maximum absolute atomic E-state index is 12.2. The van der Waals surface area contributed by atoms with E-state index < -0.39 is 4.92 Å². The Bertz CT molecular complexity index is 598. The van der Waals surface area contributed by atoms with Crippen molar-refractivity contribution < 1.29 is 14.5 Å². The summed E-state index contributed by atoms with van der Waals surface area (Å²) in [5, 5.41) is 14.0. The Kier molecular flexibility index (Phi) is 7.18. The lowest BCUT2D eigenvalue weighted by Gasteiger charge is -2.21. The number of nitro groups is 1. The number of hydrogen-bond acceptors (Lipinski definition) is 5. The van der Waals surface area contributed by atoms with Crippen molar-refractivity contribution in [1.29, 1.82) is 0 Å². The van der Waals surface area contributed by atoms with Crippen molar-refractivity contribution in [3.05, 3.63) is 33.9 Å². The molecule has 0 saturated heterocycles. The van der Waals surface area contributed by atoms with Gasteiger partial charge in [0.25, 0.3) is 11.6 Å². The fraction of sp³-hybridized carbons (Fsp3) is 0.611. The summed E-state index contributed by atoms with van der Waals surface area (Å²) in [6, 6.07) is 4.53. The second-order valence-electron chi connectivity index (χ2n) is 6.60. The molecule has 25 heavy (non-hydrogen) atoms. The predicted octanol–water partition coefficient (Wildman–Crippen LogP) is 3.13. The minimum atomic E-state index is -0.468. The molecule has 0 heterocycles. The molecule has 2 rings (SSSR count). The third kappa shape index (κ3) is 5.70. The van der Waals surface area contributed by atoms with E-state index in [1.54, 1.807) is 31.1 Å². The van der Waals surface area contributed by atoms with Crippen molar-refractivity contribution in [3.8, 4) is 0 Å². The van der Waals surface area contributed by atoms with Crippen molar-refractivity contribution in [2.24, 2.45) is 0 Å². The Hall–Kier alpha value is -2.15. The van der Waals surface area contributed by atoms with Gasteiger partial charge < -0.3 is 15.0 Å². The summed E-state index contributed by atoms with van der Waals surface area (Å²) in [4.78, 5) is 24.5. The number of nitrogens with one attached hydrogen (secondary N) is 1. The topological polar surface area (TPSA) is 84.7 Å². The number of ether oxygens (including phenoxy) is 1. The summed E-state index contributed by atoms with van der Waals surface area (Å²) < 4.78 is 5.82. The van der Waals surface area contributed by atoms with Gasteiger partial charge in [0.1, 0.15) is 5.69 Å². The number of hydrogen-bond donors (Lipinski definition) is 1. The molecule has 1 aromatic carbocycles. The molecule has 0 atom stereocenters. The number of rotatable bonds is 8. The van der Waals surface area contributed by atoms with Gasteiger partial charge in [-0.3, -0.25) is 14.9 Å². The maximum Gasteiger partial charge on any atom is 0.293 e. The third-order valence-electron chi connectivity index (χ3n) is 4.43. The molecule has 7 nitrogen and oxygen atoms in total. The van der Waals surface area contributed by atoms with Crippen LogP contribution in [-0.2, 0) is 4.74 Å². The van der Waals surface area contributed by atoms with Gasteiger partial charge in [-0.25, -0.2) is 0 Å². The molecule has 0 radical (unpaired) electrons. The summed E-state index contributed by atoms with van der Waals surface area (Å²) in [6.45, 7) is 1.12. The van der Waals surface area contributed by atoms with E-state index in [2.05, 4.69) is 5.32 Å². The van der Waals surface area contributed by atoms with E-state index >= 15 is 0 Å². The van der Waals surface area contributed by atoms with Crippen molar-refractivity contribution in [2.75, 3.05) is 32.1 Å². The van der Waals surface area contributed by atoms with Crippen LogP contribution in [0, 0.1) is 10.1 Å². The molecule has 138 valence electrons. The summed E-state index contributed by atoms with van der Waals surface area (Å²) in [5.74, 6) is -0.300.